The summed E-state index contributed by atoms with van der Waals surface area (Å²) in [6.45, 7) is 11.6. The van der Waals surface area contributed by atoms with Crippen molar-refractivity contribution < 1.29 is 80.2 Å². The zero-order valence-corrected chi connectivity index (χ0v) is 56.9. The van der Waals surface area contributed by atoms with E-state index in [9.17, 15) is 43.2 Å². The maximum atomic E-state index is 13.0. The van der Waals surface area contributed by atoms with Crippen LogP contribution >= 0.6 is 15.6 Å². The molecule has 0 rings (SSSR count). The number of hydrogen-bond donors (Lipinski definition) is 3. The first-order valence-electron chi connectivity index (χ1n) is 34.3. The molecule has 2 unspecified atom stereocenters. The number of phosphoric acid groups is 2. The molecule has 0 bridgehead atoms. The Kier molecular flexibility index (Phi) is 55.9. The van der Waals surface area contributed by atoms with Gasteiger partial charge in [0.15, 0.2) is 12.2 Å². The van der Waals surface area contributed by atoms with Crippen LogP contribution in [0.3, 0.4) is 0 Å². The van der Waals surface area contributed by atoms with Crippen molar-refractivity contribution in [3.8, 4) is 0 Å². The normalized spacial score (nSPS) is 14.3. The molecule has 0 aliphatic heterocycles. The molecule has 17 nitrogen and oxygen atoms in total. The first-order chi connectivity index (χ1) is 40.7. The van der Waals surface area contributed by atoms with E-state index in [0.29, 0.717) is 37.5 Å². The fourth-order valence-electron chi connectivity index (χ4n) is 9.83. The minimum atomic E-state index is -4.95. The molecule has 0 saturated heterocycles. The summed E-state index contributed by atoms with van der Waals surface area (Å²) >= 11 is 0. The number of aliphatic hydroxyl groups excluding tert-OH is 1. The SMILES string of the molecule is CCCCCCCCCCC(=O)OC[C@H](COP(=O)(O)OC[C@H](O)COP(=O)(O)OC[C@@H](COC(=O)CCCCCCCCC(C)C)OC(=O)CCCCCCCCCCCCCCCCCCC(C)C)OC(=O)CCCCCCCCC(C)C. The van der Waals surface area contributed by atoms with Gasteiger partial charge in [-0.1, -0.05) is 273 Å². The third kappa shape index (κ3) is 60.7. The van der Waals surface area contributed by atoms with Gasteiger partial charge in [0.1, 0.15) is 19.3 Å². The molecule has 5 atom stereocenters. The third-order valence-corrected chi connectivity index (χ3v) is 17.0. The molecule has 0 aromatic rings. The molecule has 19 heteroatoms. The zero-order chi connectivity index (χ0) is 63.1. The number of esters is 4. The first-order valence-corrected chi connectivity index (χ1v) is 37.3. The highest BCUT2D eigenvalue weighted by Gasteiger charge is 2.30. The van der Waals surface area contributed by atoms with Crippen molar-refractivity contribution >= 4 is 39.5 Å². The molecule has 85 heavy (non-hydrogen) atoms. The molecule has 504 valence electrons. The van der Waals surface area contributed by atoms with Gasteiger partial charge in [0, 0.05) is 25.7 Å². The Balaban J connectivity index is 5.14. The quantitative estimate of drug-likeness (QED) is 0.0222. The minimum absolute atomic E-state index is 0.101. The van der Waals surface area contributed by atoms with Gasteiger partial charge in [0.25, 0.3) is 0 Å². The summed E-state index contributed by atoms with van der Waals surface area (Å²) in [4.78, 5) is 72.1. The highest BCUT2D eigenvalue weighted by molar-refractivity contribution is 7.47. The summed E-state index contributed by atoms with van der Waals surface area (Å²) in [6.07, 6.45) is 39.4. The number of carbonyl (C=O) groups is 4. The standard InChI is InChI=1S/C66H128O17P2/c1-8-9-10-11-12-24-33-40-47-63(68)76-53-62(83-66(71)50-43-36-29-27-32-39-46-59(6)7)56-81-85(74,75)79-52-60(67)51-78-84(72,73)80-55-61(54-77-64(69)48-41-34-28-26-31-38-45-58(4)5)82-65(70)49-42-35-25-22-20-18-16-14-13-15-17-19-21-23-30-37-44-57(2)3/h57-62,67H,8-56H2,1-7H3,(H,72,73)(H,74,75)/t60-,61-,62-/m1/s1. The van der Waals surface area contributed by atoms with Crippen LogP contribution in [0.5, 0.6) is 0 Å². The van der Waals surface area contributed by atoms with E-state index < -0.39 is 97.5 Å². The first kappa shape index (κ1) is 83.1. The van der Waals surface area contributed by atoms with Crippen LogP contribution in [-0.4, -0.2) is 96.7 Å². The minimum Gasteiger partial charge on any atom is -0.462 e. The molecule has 0 amide bonds. The summed E-state index contributed by atoms with van der Waals surface area (Å²) in [5.74, 6) is 0.0167. The maximum Gasteiger partial charge on any atom is 0.472 e. The fourth-order valence-corrected chi connectivity index (χ4v) is 11.4. The number of phosphoric ester groups is 2. The van der Waals surface area contributed by atoms with Crippen LogP contribution in [0.15, 0.2) is 0 Å². The van der Waals surface area contributed by atoms with Crippen molar-refractivity contribution in [2.75, 3.05) is 39.6 Å². The van der Waals surface area contributed by atoms with E-state index in [0.717, 1.165) is 109 Å². The van der Waals surface area contributed by atoms with E-state index in [1.165, 1.54) is 122 Å². The van der Waals surface area contributed by atoms with Crippen molar-refractivity contribution in [3.63, 3.8) is 0 Å². The van der Waals surface area contributed by atoms with Gasteiger partial charge in [-0.05, 0) is 43.4 Å². The second kappa shape index (κ2) is 57.2. The van der Waals surface area contributed by atoms with E-state index in [4.69, 9.17) is 37.0 Å². The Labute approximate surface area is 517 Å². The summed E-state index contributed by atoms with van der Waals surface area (Å²) in [5, 5.41) is 10.5. The maximum absolute atomic E-state index is 13.0. The van der Waals surface area contributed by atoms with E-state index in [1.807, 2.05) is 0 Å². The van der Waals surface area contributed by atoms with Crippen molar-refractivity contribution in [2.24, 2.45) is 17.8 Å². The average Bonchev–Trinajstić information content (AvgIpc) is 3.54. The molecule has 0 aliphatic rings. The van der Waals surface area contributed by atoms with Crippen LogP contribution in [-0.2, 0) is 65.4 Å². The van der Waals surface area contributed by atoms with Crippen LogP contribution in [0, 0.1) is 17.8 Å². The molecule has 0 spiro atoms. The molecule has 3 N–H and O–H groups in total. The van der Waals surface area contributed by atoms with E-state index in [1.54, 1.807) is 0 Å². The Morgan fingerprint density at radius 3 is 0.800 bits per heavy atom. The van der Waals surface area contributed by atoms with Crippen molar-refractivity contribution in [3.05, 3.63) is 0 Å². The van der Waals surface area contributed by atoms with Crippen molar-refractivity contribution in [1.82, 2.24) is 0 Å². The van der Waals surface area contributed by atoms with E-state index >= 15 is 0 Å². The van der Waals surface area contributed by atoms with Crippen LogP contribution in [0.2, 0.25) is 0 Å². The highest BCUT2D eigenvalue weighted by Crippen LogP contribution is 2.45. The predicted molar refractivity (Wildman–Crippen MR) is 340 cm³/mol. The van der Waals surface area contributed by atoms with Crippen LogP contribution < -0.4 is 0 Å². The van der Waals surface area contributed by atoms with Gasteiger partial charge < -0.3 is 33.8 Å². The Hall–Kier alpha value is -1.94. The van der Waals surface area contributed by atoms with Gasteiger partial charge in [-0.25, -0.2) is 9.13 Å². The molecular formula is C66H128O17P2. The van der Waals surface area contributed by atoms with Crippen molar-refractivity contribution in [1.29, 1.82) is 0 Å². The number of rotatable bonds is 64. The number of aliphatic hydroxyl groups is 1. The number of ether oxygens (including phenoxy) is 4. The smallest absolute Gasteiger partial charge is 0.462 e. The Morgan fingerprint density at radius 1 is 0.318 bits per heavy atom. The molecular weight excluding hydrogens is 1130 g/mol. The van der Waals surface area contributed by atoms with Crippen LogP contribution in [0.25, 0.3) is 0 Å². The number of carbonyl (C=O) groups excluding carboxylic acids is 4. The molecule has 0 saturated carbocycles. The second-order valence-corrected chi connectivity index (χ2v) is 28.2. The van der Waals surface area contributed by atoms with Gasteiger partial charge in [0.05, 0.1) is 26.4 Å². The van der Waals surface area contributed by atoms with Gasteiger partial charge in [0.2, 0.25) is 0 Å². The van der Waals surface area contributed by atoms with Crippen molar-refractivity contribution in [2.45, 2.75) is 343 Å². The zero-order valence-electron chi connectivity index (χ0n) is 55.1. The number of hydrogen-bond acceptors (Lipinski definition) is 15. The summed E-state index contributed by atoms with van der Waals surface area (Å²) in [7, 11) is -9.89. The second-order valence-electron chi connectivity index (χ2n) is 25.3. The van der Waals surface area contributed by atoms with Gasteiger partial charge >= 0.3 is 39.5 Å². The largest absolute Gasteiger partial charge is 0.472 e. The van der Waals surface area contributed by atoms with Gasteiger partial charge in [-0.15, -0.1) is 0 Å². The lowest BCUT2D eigenvalue weighted by molar-refractivity contribution is -0.161. The fraction of sp³-hybridized carbons (Fsp3) is 0.939. The molecule has 0 radical (unpaired) electrons. The Bertz CT molecular complexity index is 1680. The van der Waals surface area contributed by atoms with E-state index in [-0.39, 0.29) is 25.7 Å². The Morgan fingerprint density at radius 2 is 0.541 bits per heavy atom. The molecule has 0 aromatic heterocycles. The monoisotopic (exact) mass is 1250 g/mol. The summed E-state index contributed by atoms with van der Waals surface area (Å²) < 4.78 is 67.9. The molecule has 0 fully saturated rings. The van der Waals surface area contributed by atoms with E-state index in [2.05, 4.69) is 48.5 Å². The summed E-state index contributed by atoms with van der Waals surface area (Å²) in [6, 6.07) is 0. The number of unbranched alkanes of at least 4 members (excludes halogenated alkanes) is 32. The molecule has 0 aromatic carbocycles. The van der Waals surface area contributed by atoms with Gasteiger partial charge in [-0.2, -0.15) is 0 Å². The lowest BCUT2D eigenvalue weighted by Crippen LogP contribution is -2.30. The van der Waals surface area contributed by atoms with Gasteiger partial charge in [-0.3, -0.25) is 37.3 Å². The highest BCUT2D eigenvalue weighted by atomic mass is 31.2. The predicted octanol–water partition coefficient (Wildman–Crippen LogP) is 18.3. The van der Waals surface area contributed by atoms with Crippen LogP contribution in [0.1, 0.15) is 325 Å². The molecule has 0 heterocycles. The summed E-state index contributed by atoms with van der Waals surface area (Å²) in [5.41, 5.74) is 0. The topological polar surface area (TPSA) is 237 Å². The lowest BCUT2D eigenvalue weighted by atomic mass is 10.0. The average molecular weight is 1260 g/mol. The molecule has 0 aliphatic carbocycles. The third-order valence-electron chi connectivity index (χ3n) is 15.1. The lowest BCUT2D eigenvalue weighted by Gasteiger charge is -2.21. The van der Waals surface area contributed by atoms with Crippen LogP contribution in [0.4, 0.5) is 0 Å².